The van der Waals surface area contributed by atoms with Gasteiger partial charge in [-0.05, 0) is 46.5 Å². The van der Waals surface area contributed by atoms with Crippen LogP contribution in [0, 0.1) is 12.3 Å². The van der Waals surface area contributed by atoms with Crippen molar-refractivity contribution in [2.75, 3.05) is 19.8 Å². The zero-order valence-corrected chi connectivity index (χ0v) is 18.2. The summed E-state index contributed by atoms with van der Waals surface area (Å²) in [6, 6.07) is 0. The molecule has 0 amide bonds. The molecule has 28 heavy (non-hydrogen) atoms. The molecule has 0 aromatic carbocycles. The zero-order valence-electron chi connectivity index (χ0n) is 16.4. The van der Waals surface area contributed by atoms with Gasteiger partial charge in [-0.15, -0.1) is 6.42 Å². The van der Waals surface area contributed by atoms with Gasteiger partial charge in [-0.1, -0.05) is 40.9 Å². The van der Waals surface area contributed by atoms with Crippen molar-refractivity contribution in [3.05, 3.63) is 34.9 Å². The second-order valence-electron chi connectivity index (χ2n) is 6.20. The molecule has 0 saturated heterocycles. The standard InChI is InChI=1S/C18H30O8P2/c1-5-13-24-15-18(4)11-7-9-16(2)8-6-10-17(3)12-14-25-28(22,23)26-27(19,20)21/h1,8,11-12H,6-7,9-10,13-15H2,2-4H3,(H,22,23)(H2,19,20,21)/p-3. The maximum Gasteiger partial charge on any atom is 0.272 e. The summed E-state index contributed by atoms with van der Waals surface area (Å²) >= 11 is 0. The highest BCUT2D eigenvalue weighted by Gasteiger charge is 2.10. The quantitative estimate of drug-likeness (QED) is 0.177. The number of phosphoric ester groups is 1. The van der Waals surface area contributed by atoms with Crippen molar-refractivity contribution >= 4 is 15.6 Å². The SMILES string of the molecule is C#CCOCC(C)=CCCC(C)=CCCC(C)=CCOP(=O)([O-])OP(=O)([O-])[O-]. The maximum atomic E-state index is 11.1. The Balaban J connectivity index is 4.17. The monoisotopic (exact) mass is 433 g/mol. The molecule has 0 rings (SSSR count). The summed E-state index contributed by atoms with van der Waals surface area (Å²) < 4.78 is 34.3. The Kier molecular flexibility index (Phi) is 13.6. The molecule has 8 nitrogen and oxygen atoms in total. The molecule has 0 aliphatic carbocycles. The summed E-state index contributed by atoms with van der Waals surface area (Å²) in [6.07, 6.45) is 14.1. The van der Waals surface area contributed by atoms with Crippen LogP contribution >= 0.6 is 15.6 Å². The third-order valence-corrected chi connectivity index (χ3v) is 5.51. The molecule has 0 aromatic heterocycles. The van der Waals surface area contributed by atoms with Crippen molar-refractivity contribution in [3.8, 4) is 12.3 Å². The fraction of sp³-hybridized carbons (Fsp3) is 0.556. The van der Waals surface area contributed by atoms with E-state index in [-0.39, 0.29) is 0 Å². The Morgan fingerprint density at radius 1 is 0.964 bits per heavy atom. The van der Waals surface area contributed by atoms with Crippen molar-refractivity contribution in [1.82, 2.24) is 0 Å². The third-order valence-electron chi connectivity index (χ3n) is 3.44. The molecular formula is C18H27O8P2-3. The first-order chi connectivity index (χ1) is 12.9. The van der Waals surface area contributed by atoms with Gasteiger partial charge in [0.1, 0.15) is 6.61 Å². The average Bonchev–Trinajstić information content (AvgIpc) is 2.52. The van der Waals surface area contributed by atoms with E-state index in [1.165, 1.54) is 11.6 Å². The van der Waals surface area contributed by atoms with Crippen LogP contribution in [-0.2, 0) is 22.7 Å². The van der Waals surface area contributed by atoms with E-state index in [2.05, 4.69) is 26.9 Å². The highest BCUT2D eigenvalue weighted by Crippen LogP contribution is 2.50. The molecule has 0 spiro atoms. The molecule has 10 heteroatoms. The molecule has 0 heterocycles. The van der Waals surface area contributed by atoms with E-state index in [1.807, 2.05) is 13.8 Å². The van der Waals surface area contributed by atoms with Gasteiger partial charge in [0.2, 0.25) is 0 Å². The molecule has 0 fully saturated rings. The lowest BCUT2D eigenvalue weighted by molar-refractivity contribution is -0.339. The Bertz CT molecular complexity index is 697. The number of hydrogen-bond acceptors (Lipinski definition) is 8. The molecular weight excluding hydrogens is 406 g/mol. The van der Waals surface area contributed by atoms with Crippen LogP contribution in [0.5, 0.6) is 0 Å². The normalized spacial score (nSPS) is 16.0. The van der Waals surface area contributed by atoms with Gasteiger partial charge >= 0.3 is 0 Å². The van der Waals surface area contributed by atoms with Gasteiger partial charge in [0.15, 0.2) is 0 Å². The number of ether oxygens (including phenoxy) is 1. The molecule has 0 aliphatic rings. The molecule has 160 valence electrons. The molecule has 0 saturated carbocycles. The van der Waals surface area contributed by atoms with Gasteiger partial charge in [-0.3, -0.25) is 8.88 Å². The fourth-order valence-corrected chi connectivity index (χ4v) is 3.47. The van der Waals surface area contributed by atoms with Crippen LogP contribution in [0.2, 0.25) is 0 Å². The summed E-state index contributed by atoms with van der Waals surface area (Å²) in [4.78, 5) is 31.7. The predicted octanol–water partition coefficient (Wildman–Crippen LogP) is 2.37. The molecule has 0 radical (unpaired) electrons. The van der Waals surface area contributed by atoms with E-state index in [1.54, 1.807) is 6.92 Å². The van der Waals surface area contributed by atoms with Crippen LogP contribution in [0.15, 0.2) is 34.9 Å². The molecule has 1 unspecified atom stereocenters. The minimum Gasteiger partial charge on any atom is -0.790 e. The Hall–Kier alpha value is -1.00. The summed E-state index contributed by atoms with van der Waals surface area (Å²) in [7, 11) is -10.8. The van der Waals surface area contributed by atoms with Gasteiger partial charge in [-0.2, -0.15) is 0 Å². The van der Waals surface area contributed by atoms with Crippen molar-refractivity contribution < 1.29 is 37.4 Å². The van der Waals surface area contributed by atoms with Gasteiger partial charge in [0.25, 0.3) is 7.82 Å². The lowest BCUT2D eigenvalue weighted by Crippen LogP contribution is -2.19. The number of phosphoric acid groups is 2. The van der Waals surface area contributed by atoms with Gasteiger partial charge < -0.3 is 28.5 Å². The van der Waals surface area contributed by atoms with Crippen LogP contribution in [0.1, 0.15) is 46.5 Å². The first kappa shape index (κ1) is 27.0. The first-order valence-electron chi connectivity index (χ1n) is 8.62. The van der Waals surface area contributed by atoms with Crippen molar-refractivity contribution in [1.29, 1.82) is 0 Å². The van der Waals surface area contributed by atoms with Gasteiger partial charge in [0, 0.05) is 0 Å². The minimum absolute atomic E-state index is 0.305. The number of hydrogen-bond donors (Lipinski definition) is 0. The van der Waals surface area contributed by atoms with Crippen molar-refractivity contribution in [2.24, 2.45) is 0 Å². The lowest BCUT2D eigenvalue weighted by Gasteiger charge is -2.34. The van der Waals surface area contributed by atoms with Crippen LogP contribution in [-0.4, -0.2) is 19.8 Å². The van der Waals surface area contributed by atoms with E-state index in [4.69, 9.17) is 11.2 Å². The van der Waals surface area contributed by atoms with Crippen molar-refractivity contribution in [3.63, 3.8) is 0 Å². The number of rotatable bonds is 14. The number of terminal acetylenes is 1. The van der Waals surface area contributed by atoms with Crippen LogP contribution in [0.25, 0.3) is 0 Å². The molecule has 0 bridgehead atoms. The summed E-state index contributed by atoms with van der Waals surface area (Å²) in [5, 5.41) is 0. The molecule has 0 aromatic rings. The predicted molar refractivity (Wildman–Crippen MR) is 102 cm³/mol. The fourth-order valence-electron chi connectivity index (χ4n) is 2.04. The topological polar surface area (TPSA) is 131 Å². The second kappa shape index (κ2) is 14.1. The maximum absolute atomic E-state index is 11.1. The smallest absolute Gasteiger partial charge is 0.272 e. The van der Waals surface area contributed by atoms with E-state index in [9.17, 15) is 23.8 Å². The largest absolute Gasteiger partial charge is 0.790 e. The molecule has 1 atom stereocenters. The summed E-state index contributed by atoms with van der Waals surface area (Å²) in [5.74, 6) is 2.42. The second-order valence-corrected chi connectivity index (χ2v) is 8.90. The average molecular weight is 433 g/mol. The van der Waals surface area contributed by atoms with Crippen LogP contribution in [0.3, 0.4) is 0 Å². The molecule has 0 N–H and O–H groups in total. The summed E-state index contributed by atoms with van der Waals surface area (Å²) in [6.45, 7) is 6.25. The zero-order chi connectivity index (χ0) is 21.6. The summed E-state index contributed by atoms with van der Waals surface area (Å²) in [5.41, 5.74) is 3.22. The van der Waals surface area contributed by atoms with E-state index in [0.29, 0.717) is 19.6 Å². The number of allylic oxidation sites excluding steroid dienone is 4. The van der Waals surface area contributed by atoms with Crippen LogP contribution in [0.4, 0.5) is 0 Å². The molecule has 0 aliphatic heterocycles. The van der Waals surface area contributed by atoms with Crippen LogP contribution < -0.4 is 14.7 Å². The Morgan fingerprint density at radius 2 is 1.50 bits per heavy atom. The van der Waals surface area contributed by atoms with Crippen molar-refractivity contribution in [2.45, 2.75) is 46.5 Å². The lowest BCUT2D eigenvalue weighted by atomic mass is 10.1. The first-order valence-corrected chi connectivity index (χ1v) is 11.5. The highest BCUT2D eigenvalue weighted by molar-refractivity contribution is 7.58. The van der Waals surface area contributed by atoms with Gasteiger partial charge in [0.05, 0.1) is 21.0 Å². The van der Waals surface area contributed by atoms with E-state index < -0.39 is 22.3 Å². The third kappa shape index (κ3) is 17.1. The highest BCUT2D eigenvalue weighted by atomic mass is 31.3. The van der Waals surface area contributed by atoms with E-state index >= 15 is 0 Å². The Morgan fingerprint density at radius 3 is 2.04 bits per heavy atom. The Labute approximate surface area is 167 Å². The van der Waals surface area contributed by atoms with Gasteiger partial charge in [-0.25, -0.2) is 0 Å². The van der Waals surface area contributed by atoms with E-state index in [0.717, 1.165) is 30.4 Å². The minimum atomic E-state index is -5.65.